The molecule has 5 rings (SSSR count). The fourth-order valence-corrected chi connectivity index (χ4v) is 4.92. The van der Waals surface area contributed by atoms with E-state index in [1.807, 2.05) is 6.07 Å². The minimum Gasteiger partial charge on any atom is -0.493 e. The molecule has 1 saturated carbocycles. The molecule has 1 heterocycles. The van der Waals surface area contributed by atoms with Crippen molar-refractivity contribution in [2.24, 2.45) is 5.41 Å². The Morgan fingerprint density at radius 2 is 1.50 bits per heavy atom. The Morgan fingerprint density at radius 3 is 2.13 bits per heavy atom. The maximum absolute atomic E-state index is 13.2. The number of methoxy groups -OCH3 is 1. The van der Waals surface area contributed by atoms with E-state index in [4.69, 9.17) is 19.4 Å². The molecule has 4 N–H and O–H groups in total. The van der Waals surface area contributed by atoms with Crippen LogP contribution >= 0.6 is 0 Å². The van der Waals surface area contributed by atoms with Gasteiger partial charge in [0.25, 0.3) is 0 Å². The van der Waals surface area contributed by atoms with Crippen LogP contribution in [0.4, 0.5) is 15.8 Å². The lowest BCUT2D eigenvalue weighted by atomic mass is 10.0. The van der Waals surface area contributed by atoms with Gasteiger partial charge in [-0.05, 0) is 86.3 Å². The van der Waals surface area contributed by atoms with Gasteiger partial charge in [-0.3, -0.25) is 24.6 Å². The third kappa shape index (κ3) is 7.88. The zero-order valence-electron chi connectivity index (χ0n) is 25.3. The van der Waals surface area contributed by atoms with Crippen LogP contribution in [0, 0.1) is 11.2 Å². The minimum absolute atomic E-state index is 0.280. The molecule has 4 aromatic rings. The predicted molar refractivity (Wildman–Crippen MR) is 169 cm³/mol. The van der Waals surface area contributed by atoms with Crippen molar-refractivity contribution in [1.82, 2.24) is 10.5 Å². The molecular weight excluding hydrogens is 595 g/mol. The van der Waals surface area contributed by atoms with E-state index < -0.39 is 23.0 Å². The molecule has 1 aliphatic carbocycles. The van der Waals surface area contributed by atoms with E-state index in [9.17, 15) is 18.8 Å². The lowest BCUT2D eigenvalue weighted by molar-refractivity contribution is -0.131. The maximum Gasteiger partial charge on any atom is 0.243 e. The molecule has 11 nitrogen and oxygen atoms in total. The van der Waals surface area contributed by atoms with Crippen LogP contribution in [0.5, 0.6) is 23.0 Å². The number of carbonyl (C=O) groups is 3. The number of nitrogens with zero attached hydrogens (tertiary/aromatic N) is 1. The number of carbonyl (C=O) groups excluding carboxylic acids is 3. The largest absolute Gasteiger partial charge is 0.493 e. The highest BCUT2D eigenvalue weighted by Gasteiger charge is 2.56. The molecule has 1 aliphatic rings. The second-order valence-corrected chi connectivity index (χ2v) is 11.0. The van der Waals surface area contributed by atoms with Crippen LogP contribution in [0.15, 0.2) is 72.9 Å². The molecule has 1 aromatic heterocycles. The van der Waals surface area contributed by atoms with E-state index in [-0.39, 0.29) is 12.3 Å². The Labute approximate surface area is 265 Å². The number of benzene rings is 3. The molecule has 46 heavy (non-hydrogen) atoms. The van der Waals surface area contributed by atoms with Gasteiger partial charge in [-0.1, -0.05) is 12.8 Å². The number of hydrogen-bond donors (Lipinski definition) is 4. The fraction of sp³-hybridized carbons (Fsp3) is 0.294. The minimum atomic E-state index is -1.17. The van der Waals surface area contributed by atoms with Gasteiger partial charge in [0.1, 0.15) is 22.7 Å². The summed E-state index contributed by atoms with van der Waals surface area (Å²) in [5, 5.41) is 14.8. The number of anilines is 2. The van der Waals surface area contributed by atoms with Crippen LogP contribution in [0.2, 0.25) is 0 Å². The molecule has 3 aromatic carbocycles. The van der Waals surface area contributed by atoms with Crippen molar-refractivity contribution in [2.75, 3.05) is 24.4 Å². The Balaban J connectivity index is 1.19. The molecule has 0 saturated heterocycles. The highest BCUT2D eigenvalue weighted by atomic mass is 19.1. The molecule has 0 bridgehead atoms. The highest BCUT2D eigenvalue weighted by molar-refractivity contribution is 6.16. The molecule has 1 fully saturated rings. The summed E-state index contributed by atoms with van der Waals surface area (Å²) in [4.78, 5) is 41.5. The van der Waals surface area contributed by atoms with Crippen LogP contribution in [-0.4, -0.2) is 41.6 Å². The van der Waals surface area contributed by atoms with E-state index in [2.05, 4.69) is 15.6 Å². The first-order valence-electron chi connectivity index (χ1n) is 15.0. The molecule has 240 valence electrons. The SMILES string of the molecule is COc1cc2nccc(Oc3ccc(NC(=O)C4(C(=O)Nc5ccc(F)cc5)CC4)cc3)c2cc1OCCCCCCC(=O)NO. The average Bonchev–Trinajstić information content (AvgIpc) is 3.88. The number of rotatable bonds is 15. The van der Waals surface area contributed by atoms with Crippen molar-refractivity contribution in [3.8, 4) is 23.0 Å². The van der Waals surface area contributed by atoms with Crippen LogP contribution in [-0.2, 0) is 14.4 Å². The quantitative estimate of drug-likeness (QED) is 0.0513. The van der Waals surface area contributed by atoms with Gasteiger partial charge in [-0.25, -0.2) is 9.87 Å². The van der Waals surface area contributed by atoms with E-state index >= 15 is 0 Å². The summed E-state index contributed by atoms with van der Waals surface area (Å²) in [6.45, 7) is 0.451. The van der Waals surface area contributed by atoms with E-state index in [1.165, 1.54) is 24.3 Å². The topological polar surface area (TPSA) is 148 Å². The first kappa shape index (κ1) is 32.2. The Hall–Kier alpha value is -5.23. The molecule has 0 atom stereocenters. The lowest BCUT2D eigenvalue weighted by Gasteiger charge is -2.16. The van der Waals surface area contributed by atoms with Gasteiger partial charge >= 0.3 is 0 Å². The Bertz CT molecular complexity index is 1690. The first-order valence-corrected chi connectivity index (χ1v) is 15.0. The van der Waals surface area contributed by atoms with Gasteiger partial charge < -0.3 is 24.8 Å². The van der Waals surface area contributed by atoms with E-state index in [0.29, 0.717) is 71.1 Å². The van der Waals surface area contributed by atoms with Crippen LogP contribution in [0.25, 0.3) is 10.9 Å². The lowest BCUT2D eigenvalue weighted by Crippen LogP contribution is -2.35. The summed E-state index contributed by atoms with van der Waals surface area (Å²) >= 11 is 0. The molecule has 0 aliphatic heterocycles. The van der Waals surface area contributed by atoms with Crippen LogP contribution < -0.4 is 30.3 Å². The molecule has 0 spiro atoms. The first-order chi connectivity index (χ1) is 22.3. The van der Waals surface area contributed by atoms with Crippen molar-refractivity contribution in [2.45, 2.75) is 44.9 Å². The average molecular weight is 631 g/mol. The van der Waals surface area contributed by atoms with Crippen LogP contribution in [0.1, 0.15) is 44.9 Å². The van der Waals surface area contributed by atoms with Gasteiger partial charge in [0.05, 0.1) is 19.2 Å². The van der Waals surface area contributed by atoms with E-state index in [1.54, 1.807) is 55.2 Å². The number of hydroxylamine groups is 1. The summed E-state index contributed by atoms with van der Waals surface area (Å²) in [5.74, 6) is 0.519. The number of halogens is 1. The molecular formula is C34H35FN4O7. The molecule has 12 heteroatoms. The number of amides is 3. The molecule has 0 unspecified atom stereocenters. The van der Waals surface area contributed by atoms with Crippen molar-refractivity contribution in [1.29, 1.82) is 0 Å². The summed E-state index contributed by atoms with van der Waals surface area (Å²) < 4.78 is 30.9. The number of unbranched alkanes of at least 4 members (excludes halogenated alkanes) is 3. The molecule has 3 amide bonds. The number of aromatic nitrogens is 1. The monoisotopic (exact) mass is 630 g/mol. The second-order valence-electron chi connectivity index (χ2n) is 11.0. The van der Waals surface area contributed by atoms with Crippen molar-refractivity contribution < 1.29 is 38.2 Å². The number of fused-ring (bicyclic) bond motifs is 1. The normalized spacial score (nSPS) is 13.0. The highest BCUT2D eigenvalue weighted by Crippen LogP contribution is 2.47. The van der Waals surface area contributed by atoms with Gasteiger partial charge in [0.2, 0.25) is 17.7 Å². The Morgan fingerprint density at radius 1 is 0.848 bits per heavy atom. The summed E-state index contributed by atoms with van der Waals surface area (Å²) in [6, 6.07) is 17.5. The number of ether oxygens (including phenoxy) is 3. The third-order valence-electron chi connectivity index (χ3n) is 7.73. The van der Waals surface area contributed by atoms with Gasteiger partial charge in [-0.15, -0.1) is 0 Å². The third-order valence-corrected chi connectivity index (χ3v) is 7.73. The number of hydrogen-bond acceptors (Lipinski definition) is 8. The summed E-state index contributed by atoms with van der Waals surface area (Å²) in [6.07, 6.45) is 5.92. The van der Waals surface area contributed by atoms with E-state index in [0.717, 1.165) is 19.3 Å². The van der Waals surface area contributed by atoms with Crippen LogP contribution in [0.3, 0.4) is 0 Å². The van der Waals surface area contributed by atoms with Gasteiger partial charge in [-0.2, -0.15) is 0 Å². The smallest absolute Gasteiger partial charge is 0.243 e. The number of nitrogens with one attached hydrogen (secondary N) is 3. The van der Waals surface area contributed by atoms with Gasteiger partial charge in [0, 0.05) is 35.4 Å². The predicted octanol–water partition coefficient (Wildman–Crippen LogP) is 6.37. The molecule has 0 radical (unpaired) electrons. The maximum atomic E-state index is 13.2. The van der Waals surface area contributed by atoms with Crippen molar-refractivity contribution in [3.05, 3.63) is 78.7 Å². The van der Waals surface area contributed by atoms with Crippen molar-refractivity contribution in [3.63, 3.8) is 0 Å². The number of pyridine rings is 1. The zero-order chi connectivity index (χ0) is 32.5. The standard InChI is InChI=1S/C34H35FN4O7/c1-44-29-21-27-26(20-30(29)45-19-5-3-2-4-6-31(40)39-43)28(15-18-36-27)46-25-13-11-24(12-14-25)38-33(42)34(16-17-34)32(41)37-23-9-7-22(35)8-10-23/h7-15,18,20-21,43H,2-6,16-17,19H2,1H3,(H,37,41)(H,38,42)(H,39,40). The zero-order valence-corrected chi connectivity index (χ0v) is 25.3. The summed E-state index contributed by atoms with van der Waals surface area (Å²) in [7, 11) is 1.56. The second kappa shape index (κ2) is 14.7. The fourth-order valence-electron chi connectivity index (χ4n) is 4.92. The summed E-state index contributed by atoms with van der Waals surface area (Å²) in [5.41, 5.74) is 2.05. The Kier molecular flexibility index (Phi) is 10.3. The van der Waals surface area contributed by atoms with Crippen molar-refractivity contribution >= 4 is 40.0 Å². The van der Waals surface area contributed by atoms with Gasteiger partial charge in [0.15, 0.2) is 11.5 Å².